The van der Waals surface area contributed by atoms with Crippen molar-refractivity contribution in [3.05, 3.63) is 95.7 Å². The van der Waals surface area contributed by atoms with Gasteiger partial charge in [0.2, 0.25) is 0 Å². The van der Waals surface area contributed by atoms with Crippen LogP contribution in [0.15, 0.2) is 72.9 Å². The molecule has 148 valence electrons. The molecule has 0 aliphatic rings. The van der Waals surface area contributed by atoms with Gasteiger partial charge in [0, 0.05) is 23.1 Å². The van der Waals surface area contributed by atoms with Crippen LogP contribution in [0.4, 0.5) is 0 Å². The lowest BCUT2D eigenvalue weighted by Gasteiger charge is -2.07. The van der Waals surface area contributed by atoms with Gasteiger partial charge in [-0.25, -0.2) is 9.97 Å². The number of nitrogens with one attached hydrogen (secondary N) is 1. The van der Waals surface area contributed by atoms with Crippen molar-refractivity contribution in [2.24, 2.45) is 0 Å². The highest BCUT2D eigenvalue weighted by Crippen LogP contribution is 2.22. The molecule has 3 aromatic heterocycles. The largest absolute Gasteiger partial charge is 0.346 e. The fourth-order valence-electron chi connectivity index (χ4n) is 3.80. The van der Waals surface area contributed by atoms with Crippen molar-refractivity contribution in [2.45, 2.75) is 20.4 Å². The molecule has 0 fully saturated rings. The quantitative estimate of drug-likeness (QED) is 0.496. The first kappa shape index (κ1) is 18.1. The van der Waals surface area contributed by atoms with Crippen LogP contribution in [0.1, 0.15) is 27.6 Å². The Labute approximate surface area is 173 Å². The molecule has 1 amide bonds. The van der Waals surface area contributed by atoms with Crippen molar-refractivity contribution in [1.82, 2.24) is 24.3 Å². The molecule has 0 atom stereocenters. The van der Waals surface area contributed by atoms with Crippen molar-refractivity contribution in [3.63, 3.8) is 0 Å². The molecular formula is C24H21N5O. The predicted molar refractivity (Wildman–Crippen MR) is 117 cm³/mol. The van der Waals surface area contributed by atoms with Gasteiger partial charge in [0.1, 0.15) is 11.5 Å². The second-order valence-electron chi connectivity index (χ2n) is 7.34. The predicted octanol–water partition coefficient (Wildman–Crippen LogP) is 4.22. The van der Waals surface area contributed by atoms with Crippen LogP contribution in [0.3, 0.4) is 0 Å². The molecule has 0 unspecified atom stereocenters. The molecular weight excluding hydrogens is 374 g/mol. The standard InChI is InChI=1S/C24H21N5O/c1-16-7-6-10-23-27-19(15-28(16)23)14-25-24(30)18-11-12-22-21(13-18)26-17(2)29(22)20-8-4-3-5-9-20/h3-13,15H,14H2,1-2H3,(H,25,30). The Bertz CT molecular complexity index is 1380. The number of carbonyl (C=O) groups is 1. The molecule has 6 nitrogen and oxygen atoms in total. The minimum absolute atomic E-state index is 0.141. The van der Waals surface area contributed by atoms with Crippen LogP contribution < -0.4 is 5.32 Å². The van der Waals surface area contributed by atoms with Gasteiger partial charge < -0.3 is 9.72 Å². The van der Waals surface area contributed by atoms with E-state index >= 15 is 0 Å². The summed E-state index contributed by atoms with van der Waals surface area (Å²) in [6, 6.07) is 21.7. The first-order valence-electron chi connectivity index (χ1n) is 9.86. The number of fused-ring (bicyclic) bond motifs is 2. The summed E-state index contributed by atoms with van der Waals surface area (Å²) in [5.41, 5.74) is 6.22. The van der Waals surface area contributed by atoms with Crippen LogP contribution in [-0.4, -0.2) is 24.8 Å². The third-order valence-corrected chi connectivity index (χ3v) is 5.27. The molecule has 0 radical (unpaired) electrons. The summed E-state index contributed by atoms with van der Waals surface area (Å²) in [6.07, 6.45) is 1.96. The Morgan fingerprint density at radius 2 is 1.80 bits per heavy atom. The first-order valence-corrected chi connectivity index (χ1v) is 9.86. The molecule has 0 aliphatic carbocycles. The normalized spacial score (nSPS) is 11.3. The number of aryl methyl sites for hydroxylation is 2. The Morgan fingerprint density at radius 1 is 0.967 bits per heavy atom. The maximum Gasteiger partial charge on any atom is 0.251 e. The monoisotopic (exact) mass is 395 g/mol. The average molecular weight is 395 g/mol. The van der Waals surface area contributed by atoms with Gasteiger partial charge in [-0.2, -0.15) is 0 Å². The minimum Gasteiger partial charge on any atom is -0.346 e. The van der Waals surface area contributed by atoms with E-state index in [0.29, 0.717) is 12.1 Å². The molecule has 5 aromatic rings. The summed E-state index contributed by atoms with van der Waals surface area (Å²) in [6.45, 7) is 4.37. The highest BCUT2D eigenvalue weighted by molar-refractivity contribution is 5.97. The lowest BCUT2D eigenvalue weighted by atomic mass is 10.2. The summed E-state index contributed by atoms with van der Waals surface area (Å²) in [5.74, 6) is 0.742. The zero-order valence-electron chi connectivity index (χ0n) is 16.8. The van der Waals surface area contributed by atoms with E-state index in [4.69, 9.17) is 0 Å². The molecule has 0 aliphatic heterocycles. The van der Waals surface area contributed by atoms with Crippen molar-refractivity contribution in [3.8, 4) is 5.69 Å². The van der Waals surface area contributed by atoms with Gasteiger partial charge in [-0.15, -0.1) is 0 Å². The SMILES string of the molecule is Cc1nc2cc(C(=O)NCc3cn4c(C)cccc4n3)ccc2n1-c1ccccc1. The Balaban J connectivity index is 1.39. The number of hydrogen-bond donors (Lipinski definition) is 1. The zero-order valence-corrected chi connectivity index (χ0v) is 16.8. The number of para-hydroxylation sites is 1. The third kappa shape index (κ3) is 3.12. The molecule has 6 heteroatoms. The Kier molecular flexibility index (Phi) is 4.32. The molecule has 1 N–H and O–H groups in total. The van der Waals surface area contributed by atoms with E-state index in [1.165, 1.54) is 0 Å². The second kappa shape index (κ2) is 7.15. The van der Waals surface area contributed by atoms with Crippen molar-refractivity contribution < 1.29 is 4.79 Å². The zero-order chi connectivity index (χ0) is 20.7. The maximum absolute atomic E-state index is 12.7. The van der Waals surface area contributed by atoms with Crippen molar-refractivity contribution in [2.75, 3.05) is 0 Å². The maximum atomic E-state index is 12.7. The van der Waals surface area contributed by atoms with E-state index in [1.807, 2.05) is 91.2 Å². The van der Waals surface area contributed by atoms with Gasteiger partial charge >= 0.3 is 0 Å². The van der Waals surface area contributed by atoms with E-state index in [0.717, 1.165) is 39.6 Å². The number of carbonyl (C=O) groups excluding carboxylic acids is 1. The molecule has 30 heavy (non-hydrogen) atoms. The first-order chi connectivity index (χ1) is 14.6. The van der Waals surface area contributed by atoms with Crippen LogP contribution in [0.25, 0.3) is 22.4 Å². The lowest BCUT2D eigenvalue weighted by Crippen LogP contribution is -2.22. The van der Waals surface area contributed by atoms with E-state index in [-0.39, 0.29) is 5.91 Å². The van der Waals surface area contributed by atoms with Crippen molar-refractivity contribution >= 4 is 22.6 Å². The van der Waals surface area contributed by atoms with E-state index < -0.39 is 0 Å². The Hall–Kier alpha value is -3.93. The number of aromatic nitrogens is 4. The number of nitrogens with zero attached hydrogens (tertiary/aromatic N) is 4. The molecule has 0 spiro atoms. The molecule has 2 aromatic carbocycles. The minimum atomic E-state index is -0.141. The number of hydrogen-bond acceptors (Lipinski definition) is 3. The van der Waals surface area contributed by atoms with Crippen LogP contribution in [0.5, 0.6) is 0 Å². The molecule has 3 heterocycles. The number of amides is 1. The molecule has 0 saturated carbocycles. The van der Waals surface area contributed by atoms with Gasteiger partial charge in [-0.1, -0.05) is 24.3 Å². The molecule has 0 saturated heterocycles. The highest BCUT2D eigenvalue weighted by atomic mass is 16.1. The summed E-state index contributed by atoms with van der Waals surface area (Å²) in [5, 5.41) is 2.96. The fraction of sp³-hybridized carbons (Fsp3) is 0.125. The topological polar surface area (TPSA) is 64.2 Å². The number of rotatable bonds is 4. The van der Waals surface area contributed by atoms with Crippen LogP contribution in [0.2, 0.25) is 0 Å². The number of pyridine rings is 1. The number of benzene rings is 2. The summed E-state index contributed by atoms with van der Waals surface area (Å²) >= 11 is 0. The summed E-state index contributed by atoms with van der Waals surface area (Å²) in [7, 11) is 0. The highest BCUT2D eigenvalue weighted by Gasteiger charge is 2.13. The van der Waals surface area contributed by atoms with E-state index in [2.05, 4.69) is 19.9 Å². The van der Waals surface area contributed by atoms with Gasteiger partial charge in [0.15, 0.2) is 0 Å². The summed E-state index contributed by atoms with van der Waals surface area (Å²) < 4.78 is 4.11. The Morgan fingerprint density at radius 3 is 2.60 bits per heavy atom. The molecule has 5 rings (SSSR count). The molecule has 0 bridgehead atoms. The smallest absolute Gasteiger partial charge is 0.251 e. The summed E-state index contributed by atoms with van der Waals surface area (Å²) in [4.78, 5) is 22.0. The second-order valence-corrected chi connectivity index (χ2v) is 7.34. The van der Waals surface area contributed by atoms with Crippen LogP contribution >= 0.6 is 0 Å². The van der Waals surface area contributed by atoms with Gasteiger partial charge in [0.05, 0.1) is 23.3 Å². The van der Waals surface area contributed by atoms with Gasteiger partial charge in [-0.05, 0) is 56.3 Å². The lowest BCUT2D eigenvalue weighted by molar-refractivity contribution is 0.0950. The third-order valence-electron chi connectivity index (χ3n) is 5.27. The van der Waals surface area contributed by atoms with E-state index in [1.54, 1.807) is 0 Å². The van der Waals surface area contributed by atoms with Gasteiger partial charge in [0.25, 0.3) is 5.91 Å². The van der Waals surface area contributed by atoms with Crippen LogP contribution in [0, 0.1) is 13.8 Å². The van der Waals surface area contributed by atoms with E-state index in [9.17, 15) is 4.79 Å². The fourth-order valence-corrected chi connectivity index (χ4v) is 3.80. The van der Waals surface area contributed by atoms with Gasteiger partial charge in [-0.3, -0.25) is 9.36 Å². The average Bonchev–Trinajstić information content (AvgIpc) is 3.32. The van der Waals surface area contributed by atoms with Crippen LogP contribution in [-0.2, 0) is 6.54 Å². The number of imidazole rings is 2. The van der Waals surface area contributed by atoms with Crippen molar-refractivity contribution in [1.29, 1.82) is 0 Å².